The lowest BCUT2D eigenvalue weighted by Crippen LogP contribution is -2.41. The van der Waals surface area contributed by atoms with E-state index in [4.69, 9.17) is 4.74 Å². The number of methoxy groups -OCH3 is 2. The van der Waals surface area contributed by atoms with Crippen molar-refractivity contribution in [3.63, 3.8) is 0 Å². The molecule has 0 saturated carbocycles. The summed E-state index contributed by atoms with van der Waals surface area (Å²) in [4.78, 5) is 22.8. The fourth-order valence-electron chi connectivity index (χ4n) is 1.53. The maximum Gasteiger partial charge on any atom is 0.333 e. The first-order valence-corrected chi connectivity index (χ1v) is 6.06. The standard InChI is InChI=1S/C13H23NO4/c1-6-10(12(15)17-4)7-8-14-11(9(2)3)13(16)18-5/h7,9,11,14H,6,8H2,1-5H3. The van der Waals surface area contributed by atoms with Gasteiger partial charge in [-0.2, -0.15) is 0 Å². The van der Waals surface area contributed by atoms with E-state index in [9.17, 15) is 9.59 Å². The topological polar surface area (TPSA) is 64.6 Å². The number of ether oxygens (including phenoxy) is 2. The van der Waals surface area contributed by atoms with Gasteiger partial charge >= 0.3 is 11.9 Å². The third kappa shape index (κ3) is 5.31. The molecule has 0 saturated heterocycles. The van der Waals surface area contributed by atoms with E-state index in [2.05, 4.69) is 10.1 Å². The van der Waals surface area contributed by atoms with Crippen LogP contribution in [0, 0.1) is 5.92 Å². The van der Waals surface area contributed by atoms with Gasteiger partial charge in [0.05, 0.1) is 14.2 Å². The first-order chi connectivity index (χ1) is 8.47. The molecule has 1 unspecified atom stereocenters. The van der Waals surface area contributed by atoms with Gasteiger partial charge in [-0.1, -0.05) is 26.8 Å². The van der Waals surface area contributed by atoms with Crippen LogP contribution in [0.1, 0.15) is 27.2 Å². The second-order valence-corrected chi connectivity index (χ2v) is 4.23. The highest BCUT2D eigenvalue weighted by Gasteiger charge is 2.21. The van der Waals surface area contributed by atoms with Gasteiger partial charge in [-0.15, -0.1) is 0 Å². The van der Waals surface area contributed by atoms with E-state index in [0.717, 1.165) is 0 Å². The lowest BCUT2D eigenvalue weighted by molar-refractivity contribution is -0.144. The van der Waals surface area contributed by atoms with Crippen LogP contribution < -0.4 is 5.32 Å². The number of carbonyl (C=O) groups is 2. The van der Waals surface area contributed by atoms with Gasteiger partial charge in [-0.3, -0.25) is 4.79 Å². The number of nitrogens with one attached hydrogen (secondary N) is 1. The van der Waals surface area contributed by atoms with Crippen molar-refractivity contribution < 1.29 is 19.1 Å². The Kier molecular flexibility index (Phi) is 8.03. The van der Waals surface area contributed by atoms with Crippen LogP contribution in [0.25, 0.3) is 0 Å². The Bertz CT molecular complexity index is 310. The molecule has 5 nitrogen and oxygen atoms in total. The second kappa shape index (κ2) is 8.69. The number of hydrogen-bond donors (Lipinski definition) is 1. The summed E-state index contributed by atoms with van der Waals surface area (Å²) >= 11 is 0. The van der Waals surface area contributed by atoms with Crippen LogP contribution in [-0.2, 0) is 19.1 Å². The Morgan fingerprint density at radius 3 is 2.22 bits per heavy atom. The molecule has 1 N–H and O–H groups in total. The van der Waals surface area contributed by atoms with Crippen molar-refractivity contribution in [2.45, 2.75) is 33.2 Å². The molecule has 104 valence electrons. The second-order valence-electron chi connectivity index (χ2n) is 4.23. The molecule has 0 aliphatic heterocycles. The third-order valence-corrected chi connectivity index (χ3v) is 2.64. The highest BCUT2D eigenvalue weighted by molar-refractivity contribution is 5.88. The zero-order valence-corrected chi connectivity index (χ0v) is 11.8. The summed E-state index contributed by atoms with van der Waals surface area (Å²) < 4.78 is 9.36. The number of hydrogen-bond acceptors (Lipinski definition) is 5. The summed E-state index contributed by atoms with van der Waals surface area (Å²) in [6, 6.07) is -0.373. The molecular formula is C13H23NO4. The van der Waals surface area contributed by atoms with Crippen molar-refractivity contribution in [2.24, 2.45) is 5.92 Å². The lowest BCUT2D eigenvalue weighted by atomic mass is 10.0. The highest BCUT2D eigenvalue weighted by Crippen LogP contribution is 2.05. The number of rotatable bonds is 7. The fourth-order valence-corrected chi connectivity index (χ4v) is 1.53. The largest absolute Gasteiger partial charge is 0.468 e. The van der Waals surface area contributed by atoms with Gasteiger partial charge in [0.2, 0.25) is 0 Å². The summed E-state index contributed by atoms with van der Waals surface area (Å²) in [7, 11) is 2.71. The molecule has 0 aliphatic carbocycles. The molecule has 5 heteroatoms. The summed E-state index contributed by atoms with van der Waals surface area (Å²) in [6.45, 7) is 6.16. The molecule has 1 atom stereocenters. The smallest absolute Gasteiger partial charge is 0.333 e. The molecule has 0 aromatic carbocycles. The number of esters is 2. The van der Waals surface area contributed by atoms with Crippen LogP contribution in [0.15, 0.2) is 11.6 Å². The first kappa shape index (κ1) is 16.6. The van der Waals surface area contributed by atoms with Gasteiger partial charge in [-0.05, 0) is 12.3 Å². The summed E-state index contributed by atoms with van der Waals surface area (Å²) in [5, 5.41) is 3.05. The molecule has 0 heterocycles. The van der Waals surface area contributed by atoms with Gasteiger partial charge < -0.3 is 14.8 Å². The molecule has 0 radical (unpaired) electrons. The molecule has 0 fully saturated rings. The Morgan fingerprint density at radius 1 is 1.22 bits per heavy atom. The zero-order valence-electron chi connectivity index (χ0n) is 11.8. The lowest BCUT2D eigenvalue weighted by Gasteiger charge is -2.19. The predicted octanol–water partition coefficient (Wildman–Crippen LogP) is 1.28. The molecule has 0 amide bonds. The number of carbonyl (C=O) groups excluding carboxylic acids is 2. The van der Waals surface area contributed by atoms with E-state index < -0.39 is 0 Å². The molecule has 18 heavy (non-hydrogen) atoms. The van der Waals surface area contributed by atoms with E-state index in [-0.39, 0.29) is 23.9 Å². The maximum absolute atomic E-state index is 11.5. The normalized spacial score (nSPS) is 13.3. The minimum atomic E-state index is -0.373. The monoisotopic (exact) mass is 257 g/mol. The molecule has 0 bridgehead atoms. The van der Waals surface area contributed by atoms with Crippen LogP contribution in [0.3, 0.4) is 0 Å². The van der Waals surface area contributed by atoms with E-state index in [1.807, 2.05) is 20.8 Å². The maximum atomic E-state index is 11.5. The Morgan fingerprint density at radius 2 is 1.83 bits per heavy atom. The van der Waals surface area contributed by atoms with E-state index in [0.29, 0.717) is 18.5 Å². The molecule has 0 aromatic heterocycles. The quantitative estimate of drug-likeness (QED) is 0.550. The van der Waals surface area contributed by atoms with E-state index >= 15 is 0 Å². The minimum absolute atomic E-state index is 0.119. The summed E-state index contributed by atoms with van der Waals surface area (Å²) in [5.41, 5.74) is 0.595. The highest BCUT2D eigenvalue weighted by atomic mass is 16.5. The molecule has 0 aliphatic rings. The summed E-state index contributed by atoms with van der Waals surface area (Å²) in [6.07, 6.45) is 2.34. The SMILES string of the molecule is CCC(=CCNC(C(=O)OC)C(C)C)C(=O)OC. The van der Waals surface area contributed by atoms with Crippen molar-refractivity contribution >= 4 is 11.9 Å². The van der Waals surface area contributed by atoms with Gasteiger partial charge in [0, 0.05) is 12.1 Å². The summed E-state index contributed by atoms with van der Waals surface area (Å²) in [5.74, 6) is -0.512. The minimum Gasteiger partial charge on any atom is -0.468 e. The fraction of sp³-hybridized carbons (Fsp3) is 0.692. The van der Waals surface area contributed by atoms with Crippen LogP contribution in [0.5, 0.6) is 0 Å². The van der Waals surface area contributed by atoms with Gasteiger partial charge in [0.1, 0.15) is 6.04 Å². The van der Waals surface area contributed by atoms with Gasteiger partial charge in [0.25, 0.3) is 0 Å². The van der Waals surface area contributed by atoms with E-state index in [1.54, 1.807) is 6.08 Å². The van der Waals surface area contributed by atoms with Crippen molar-refractivity contribution in [1.82, 2.24) is 5.32 Å². The Labute approximate surface area is 109 Å². The van der Waals surface area contributed by atoms with Crippen LogP contribution in [0.2, 0.25) is 0 Å². The average molecular weight is 257 g/mol. The molecular weight excluding hydrogens is 234 g/mol. The van der Waals surface area contributed by atoms with Crippen LogP contribution in [-0.4, -0.2) is 38.7 Å². The van der Waals surface area contributed by atoms with Crippen molar-refractivity contribution in [3.05, 3.63) is 11.6 Å². The Balaban J connectivity index is 4.48. The van der Waals surface area contributed by atoms with Crippen LogP contribution in [0.4, 0.5) is 0 Å². The Hall–Kier alpha value is -1.36. The van der Waals surface area contributed by atoms with E-state index in [1.165, 1.54) is 14.2 Å². The molecule has 0 rings (SSSR count). The predicted molar refractivity (Wildman–Crippen MR) is 69.0 cm³/mol. The van der Waals surface area contributed by atoms with Crippen molar-refractivity contribution in [2.75, 3.05) is 20.8 Å². The van der Waals surface area contributed by atoms with Gasteiger partial charge in [-0.25, -0.2) is 4.79 Å². The average Bonchev–Trinajstić information content (AvgIpc) is 2.36. The molecule has 0 spiro atoms. The van der Waals surface area contributed by atoms with Crippen LogP contribution >= 0.6 is 0 Å². The molecule has 0 aromatic rings. The van der Waals surface area contributed by atoms with Gasteiger partial charge in [0.15, 0.2) is 0 Å². The third-order valence-electron chi connectivity index (χ3n) is 2.64. The van der Waals surface area contributed by atoms with Crippen molar-refractivity contribution in [3.8, 4) is 0 Å². The zero-order chi connectivity index (χ0) is 14.1. The first-order valence-electron chi connectivity index (χ1n) is 6.06. The van der Waals surface area contributed by atoms with Crippen molar-refractivity contribution in [1.29, 1.82) is 0 Å².